The summed E-state index contributed by atoms with van der Waals surface area (Å²) in [7, 11) is 0. The minimum Gasteiger partial charge on any atom is -0.465 e. The molecule has 0 aromatic rings. The van der Waals surface area contributed by atoms with Gasteiger partial charge in [-0.15, -0.1) is 0 Å². The smallest absolute Gasteiger partial charge is 0.331 e. The molecule has 46 valence electrons. The van der Waals surface area contributed by atoms with Gasteiger partial charge < -0.3 is 4.74 Å². The van der Waals surface area contributed by atoms with Gasteiger partial charge >= 0.3 is 5.97 Å². The number of hydrogen-bond donors (Lipinski definition) is 0. The lowest BCUT2D eigenvalue weighted by molar-refractivity contribution is -0.141. The highest BCUT2D eigenvalue weighted by Gasteiger charge is 1.97. The second-order valence-corrected chi connectivity index (χ2v) is 1.09. The van der Waals surface area contributed by atoms with E-state index in [2.05, 4.69) is 9.91 Å². The molecule has 4 heteroatoms. The molecule has 0 bridgehead atoms. The first-order chi connectivity index (χ1) is 3.81. The van der Waals surface area contributed by atoms with Crippen LogP contribution in [0.1, 0.15) is 6.92 Å². The van der Waals surface area contributed by atoms with Crippen molar-refractivity contribution in [2.45, 2.75) is 6.92 Å². The van der Waals surface area contributed by atoms with Crippen molar-refractivity contribution in [3.05, 3.63) is 4.91 Å². The summed E-state index contributed by atoms with van der Waals surface area (Å²) in [5, 5.41) is 2.33. The van der Waals surface area contributed by atoms with Crippen LogP contribution in [0, 0.1) is 4.91 Å². The topological polar surface area (TPSA) is 55.7 Å². The van der Waals surface area contributed by atoms with E-state index in [4.69, 9.17) is 0 Å². The van der Waals surface area contributed by atoms with Crippen molar-refractivity contribution in [1.29, 1.82) is 0 Å². The Bertz CT molecular complexity index is 91.3. The van der Waals surface area contributed by atoms with Crippen LogP contribution in [0.5, 0.6) is 0 Å². The number of carbonyl (C=O) groups excluding carboxylic acids is 1. The Morgan fingerprint density at radius 2 is 2.38 bits per heavy atom. The van der Waals surface area contributed by atoms with E-state index >= 15 is 0 Å². The van der Waals surface area contributed by atoms with Crippen molar-refractivity contribution < 1.29 is 9.53 Å². The van der Waals surface area contributed by atoms with Crippen molar-refractivity contribution in [2.24, 2.45) is 5.18 Å². The Balaban J connectivity index is 3.18. The van der Waals surface area contributed by atoms with Gasteiger partial charge in [0.2, 0.25) is 0 Å². The number of carbonyl (C=O) groups is 1. The lowest BCUT2D eigenvalue weighted by Gasteiger charge is -1.92. The molecule has 0 aliphatic rings. The van der Waals surface area contributed by atoms with E-state index in [1.807, 2.05) is 0 Å². The molecule has 0 spiro atoms. The van der Waals surface area contributed by atoms with Gasteiger partial charge in [-0.05, 0) is 6.92 Å². The Hall–Kier alpha value is -0.930. The lowest BCUT2D eigenvalue weighted by Crippen LogP contribution is -2.06. The molecule has 4 nitrogen and oxygen atoms in total. The van der Waals surface area contributed by atoms with Crippen LogP contribution in [-0.2, 0) is 9.53 Å². The maximum absolute atomic E-state index is 10.1. The summed E-state index contributed by atoms with van der Waals surface area (Å²) < 4.78 is 4.35. The molecule has 0 N–H and O–H groups in total. The number of rotatable bonds is 3. The van der Waals surface area contributed by atoms with Crippen LogP contribution >= 0.6 is 0 Å². The number of nitrogens with zero attached hydrogens (tertiary/aromatic N) is 1. The highest BCUT2D eigenvalue weighted by atomic mass is 16.5. The molecule has 0 aliphatic carbocycles. The zero-order valence-corrected chi connectivity index (χ0v) is 4.59. The van der Waals surface area contributed by atoms with Gasteiger partial charge in [0.05, 0.1) is 6.61 Å². The van der Waals surface area contributed by atoms with E-state index in [0.29, 0.717) is 6.61 Å². The average molecular weight is 117 g/mol. The molecule has 8 heavy (non-hydrogen) atoms. The molecule has 0 unspecified atom stereocenters. The molecule has 0 aliphatic heterocycles. The summed E-state index contributed by atoms with van der Waals surface area (Å²) in [4.78, 5) is 19.5. The highest BCUT2D eigenvalue weighted by molar-refractivity contribution is 5.71. The van der Waals surface area contributed by atoms with Crippen LogP contribution in [0.4, 0.5) is 0 Å². The van der Waals surface area contributed by atoms with Gasteiger partial charge in [0, 0.05) is 0 Å². The molecule has 0 saturated carbocycles. The zero-order valence-electron chi connectivity index (χ0n) is 4.59. The van der Waals surface area contributed by atoms with E-state index in [1.54, 1.807) is 6.92 Å². The van der Waals surface area contributed by atoms with Gasteiger partial charge in [0.15, 0.2) is 6.54 Å². The third-order valence-corrected chi connectivity index (χ3v) is 0.499. The van der Waals surface area contributed by atoms with E-state index in [0.717, 1.165) is 0 Å². The summed E-state index contributed by atoms with van der Waals surface area (Å²) in [6.45, 7) is 1.59. The Morgan fingerprint density at radius 1 is 1.75 bits per heavy atom. The van der Waals surface area contributed by atoms with Crippen LogP contribution in [0.2, 0.25) is 0 Å². The second-order valence-electron chi connectivity index (χ2n) is 1.09. The summed E-state index contributed by atoms with van der Waals surface area (Å²) >= 11 is 0. The normalized spacial score (nSPS) is 8.12. The number of hydrogen-bond acceptors (Lipinski definition) is 4. The Labute approximate surface area is 46.8 Å². The number of esters is 1. The summed E-state index contributed by atoms with van der Waals surface area (Å²) in [6.07, 6.45) is 0. The molecule has 0 fully saturated rings. The fraction of sp³-hybridized carbons (Fsp3) is 0.750. The average Bonchev–Trinajstić information content (AvgIpc) is 1.68. The van der Waals surface area contributed by atoms with E-state index in [9.17, 15) is 9.70 Å². The fourth-order valence-electron chi connectivity index (χ4n) is 0.259. The van der Waals surface area contributed by atoms with Gasteiger partial charge in [-0.2, -0.15) is 4.91 Å². The monoisotopic (exact) mass is 117 g/mol. The summed E-state index contributed by atoms with van der Waals surface area (Å²) in [6, 6.07) is 0. The van der Waals surface area contributed by atoms with Crippen LogP contribution in [0.3, 0.4) is 0 Å². The van der Waals surface area contributed by atoms with E-state index < -0.39 is 5.97 Å². The van der Waals surface area contributed by atoms with E-state index in [-0.39, 0.29) is 6.54 Å². The number of nitroso groups, excluding NO2 is 1. The first-order valence-electron chi connectivity index (χ1n) is 2.26. The minimum atomic E-state index is -0.567. The van der Waals surface area contributed by atoms with Crippen molar-refractivity contribution in [3.63, 3.8) is 0 Å². The van der Waals surface area contributed by atoms with Gasteiger partial charge in [0.1, 0.15) is 0 Å². The van der Waals surface area contributed by atoms with Crippen LogP contribution in [0.25, 0.3) is 0 Å². The standard InChI is InChI=1S/C4H7NO3/c1-2-8-4(6)3-5-7/h2-3H2,1H3. The van der Waals surface area contributed by atoms with Crippen molar-refractivity contribution in [2.75, 3.05) is 13.2 Å². The highest BCUT2D eigenvalue weighted by Crippen LogP contribution is 1.76. The second kappa shape index (κ2) is 4.23. The molecule has 0 saturated heterocycles. The maximum Gasteiger partial charge on any atom is 0.331 e. The molecule has 0 heterocycles. The van der Waals surface area contributed by atoms with Gasteiger partial charge in [0.25, 0.3) is 0 Å². The Morgan fingerprint density at radius 3 is 2.75 bits per heavy atom. The van der Waals surface area contributed by atoms with Gasteiger partial charge in [-0.1, -0.05) is 5.18 Å². The first kappa shape index (κ1) is 7.07. The molecular weight excluding hydrogens is 110 g/mol. The number of ether oxygens (including phenoxy) is 1. The largest absolute Gasteiger partial charge is 0.465 e. The molecule has 0 atom stereocenters. The SMILES string of the molecule is CCOC(=O)CN=O. The predicted octanol–water partition coefficient (Wildman–Crippen LogP) is 0.316. The Kier molecular flexibility index (Phi) is 3.74. The maximum atomic E-state index is 10.1. The zero-order chi connectivity index (χ0) is 6.41. The first-order valence-corrected chi connectivity index (χ1v) is 2.26. The summed E-state index contributed by atoms with van der Waals surface area (Å²) in [5.41, 5.74) is 0. The van der Waals surface area contributed by atoms with Crippen molar-refractivity contribution in [1.82, 2.24) is 0 Å². The molecule has 0 aromatic heterocycles. The molecule has 0 aromatic carbocycles. The molecule has 0 rings (SSSR count). The lowest BCUT2D eigenvalue weighted by atomic mass is 10.7. The molecule has 0 radical (unpaired) electrons. The third-order valence-electron chi connectivity index (χ3n) is 0.499. The minimum absolute atomic E-state index is 0.300. The fourth-order valence-corrected chi connectivity index (χ4v) is 0.259. The van der Waals surface area contributed by atoms with Gasteiger partial charge in [-0.25, -0.2) is 4.79 Å². The van der Waals surface area contributed by atoms with Crippen molar-refractivity contribution >= 4 is 5.97 Å². The van der Waals surface area contributed by atoms with Crippen LogP contribution < -0.4 is 0 Å². The summed E-state index contributed by atoms with van der Waals surface area (Å²) in [5.74, 6) is -0.567. The quantitative estimate of drug-likeness (QED) is 0.395. The van der Waals surface area contributed by atoms with Gasteiger partial charge in [-0.3, -0.25) is 0 Å². The predicted molar refractivity (Wildman–Crippen MR) is 27.3 cm³/mol. The third kappa shape index (κ3) is 3.27. The van der Waals surface area contributed by atoms with Crippen molar-refractivity contribution in [3.8, 4) is 0 Å². The van der Waals surface area contributed by atoms with Crippen LogP contribution in [-0.4, -0.2) is 19.1 Å². The molecule has 0 amide bonds. The van der Waals surface area contributed by atoms with E-state index in [1.165, 1.54) is 0 Å². The van der Waals surface area contributed by atoms with Crippen LogP contribution in [0.15, 0.2) is 5.18 Å². The molecular formula is C4H7NO3.